The Morgan fingerprint density at radius 1 is 1.27 bits per heavy atom. The summed E-state index contributed by atoms with van der Waals surface area (Å²) in [7, 11) is 0. The van der Waals surface area contributed by atoms with Crippen molar-refractivity contribution in [2.45, 2.75) is 3.49 Å². The SMILES string of the molecule is Fc1cccc(C(F)(Br)Br)c1. The molecule has 11 heavy (non-hydrogen) atoms. The molecule has 0 N–H and O–H groups in total. The molecule has 0 spiro atoms. The standard InChI is InChI=1S/C7H4Br2F2/c8-7(9,11)5-2-1-3-6(10)4-5/h1-4H. The van der Waals surface area contributed by atoms with Crippen molar-refractivity contribution >= 4 is 31.9 Å². The third-order valence-corrected chi connectivity index (χ3v) is 2.07. The Labute approximate surface area is 79.9 Å². The molecule has 0 unspecified atom stereocenters. The van der Waals surface area contributed by atoms with Crippen molar-refractivity contribution in [2.24, 2.45) is 0 Å². The average Bonchev–Trinajstić information content (AvgIpc) is 1.86. The minimum atomic E-state index is -1.83. The molecule has 60 valence electrons. The van der Waals surface area contributed by atoms with Crippen LogP contribution >= 0.6 is 31.9 Å². The highest BCUT2D eigenvalue weighted by atomic mass is 79.9. The smallest absolute Gasteiger partial charge is 0.213 e. The fraction of sp³-hybridized carbons (Fsp3) is 0.143. The van der Waals surface area contributed by atoms with Crippen molar-refractivity contribution in [3.05, 3.63) is 35.6 Å². The van der Waals surface area contributed by atoms with E-state index < -0.39 is 9.30 Å². The third-order valence-electron chi connectivity index (χ3n) is 1.15. The van der Waals surface area contributed by atoms with Crippen LogP contribution in [0.15, 0.2) is 24.3 Å². The summed E-state index contributed by atoms with van der Waals surface area (Å²) in [4.78, 5) is 0. The van der Waals surface area contributed by atoms with E-state index in [1.54, 1.807) is 0 Å². The van der Waals surface area contributed by atoms with Crippen molar-refractivity contribution < 1.29 is 8.78 Å². The van der Waals surface area contributed by atoms with Gasteiger partial charge in [-0.1, -0.05) is 12.1 Å². The van der Waals surface area contributed by atoms with E-state index in [1.807, 2.05) is 0 Å². The Kier molecular flexibility index (Phi) is 2.65. The van der Waals surface area contributed by atoms with Gasteiger partial charge in [0.2, 0.25) is 3.49 Å². The Morgan fingerprint density at radius 2 is 1.91 bits per heavy atom. The van der Waals surface area contributed by atoms with E-state index in [-0.39, 0.29) is 5.56 Å². The van der Waals surface area contributed by atoms with Crippen LogP contribution < -0.4 is 0 Å². The van der Waals surface area contributed by atoms with Gasteiger partial charge in [-0.05, 0) is 44.0 Å². The second-order valence-corrected chi connectivity index (χ2v) is 5.26. The summed E-state index contributed by atoms with van der Waals surface area (Å²) in [6.45, 7) is 0. The molecule has 0 aliphatic rings. The number of halogens is 4. The molecule has 0 aromatic heterocycles. The molecule has 0 amide bonds. The molecule has 0 aliphatic carbocycles. The first-order valence-electron chi connectivity index (χ1n) is 2.83. The molecule has 0 radical (unpaired) electrons. The van der Waals surface area contributed by atoms with Crippen LogP contribution in [-0.4, -0.2) is 0 Å². The first-order chi connectivity index (χ1) is 5.00. The molecule has 1 aromatic carbocycles. The highest BCUT2D eigenvalue weighted by Gasteiger charge is 2.23. The van der Waals surface area contributed by atoms with Gasteiger partial charge in [0.05, 0.1) is 0 Å². The first-order valence-corrected chi connectivity index (χ1v) is 4.41. The summed E-state index contributed by atoms with van der Waals surface area (Å²) in [5.74, 6) is -0.455. The van der Waals surface area contributed by atoms with E-state index in [4.69, 9.17) is 0 Å². The van der Waals surface area contributed by atoms with Crippen LogP contribution in [0.1, 0.15) is 5.56 Å². The van der Waals surface area contributed by atoms with Crippen LogP contribution in [0.4, 0.5) is 8.78 Å². The van der Waals surface area contributed by atoms with Crippen molar-refractivity contribution in [3.63, 3.8) is 0 Å². The monoisotopic (exact) mass is 284 g/mol. The molecule has 0 bridgehead atoms. The third kappa shape index (κ3) is 2.52. The summed E-state index contributed by atoms with van der Waals surface area (Å²) >= 11 is 5.41. The van der Waals surface area contributed by atoms with E-state index >= 15 is 0 Å². The number of benzene rings is 1. The van der Waals surface area contributed by atoms with Crippen LogP contribution in [0, 0.1) is 5.82 Å². The Hall–Kier alpha value is 0.0400. The topological polar surface area (TPSA) is 0 Å². The highest BCUT2D eigenvalue weighted by Crippen LogP contribution is 2.39. The van der Waals surface area contributed by atoms with Gasteiger partial charge in [-0.25, -0.2) is 8.78 Å². The van der Waals surface area contributed by atoms with Crippen molar-refractivity contribution in [2.75, 3.05) is 0 Å². The van der Waals surface area contributed by atoms with Gasteiger partial charge in [0, 0.05) is 5.56 Å². The van der Waals surface area contributed by atoms with Crippen LogP contribution in [-0.2, 0) is 3.49 Å². The van der Waals surface area contributed by atoms with E-state index in [1.165, 1.54) is 18.2 Å². The van der Waals surface area contributed by atoms with Crippen LogP contribution in [0.5, 0.6) is 0 Å². The molecule has 0 atom stereocenters. The largest absolute Gasteiger partial charge is 0.244 e. The summed E-state index contributed by atoms with van der Waals surface area (Å²) in [5.41, 5.74) is 0.206. The van der Waals surface area contributed by atoms with Crippen LogP contribution in [0.25, 0.3) is 0 Å². The van der Waals surface area contributed by atoms with E-state index in [9.17, 15) is 8.78 Å². The molecule has 0 aliphatic heterocycles. The summed E-state index contributed by atoms with van der Waals surface area (Å²) in [5, 5.41) is 0. The molecule has 4 heteroatoms. The van der Waals surface area contributed by atoms with E-state index in [2.05, 4.69) is 31.9 Å². The van der Waals surface area contributed by atoms with E-state index in [0.717, 1.165) is 6.07 Å². The average molecular weight is 286 g/mol. The lowest BCUT2D eigenvalue weighted by Gasteiger charge is -2.09. The maximum absolute atomic E-state index is 13.0. The lowest BCUT2D eigenvalue weighted by atomic mass is 10.2. The van der Waals surface area contributed by atoms with Gasteiger partial charge in [-0.2, -0.15) is 0 Å². The van der Waals surface area contributed by atoms with Gasteiger partial charge in [0.15, 0.2) is 0 Å². The quantitative estimate of drug-likeness (QED) is 0.690. The predicted octanol–water partition coefficient (Wildman–Crippen LogP) is 3.70. The van der Waals surface area contributed by atoms with Gasteiger partial charge in [0.1, 0.15) is 5.82 Å². The fourth-order valence-electron chi connectivity index (χ4n) is 0.665. The summed E-state index contributed by atoms with van der Waals surface area (Å²) < 4.78 is 23.6. The molecular formula is C7H4Br2F2. The fourth-order valence-corrected chi connectivity index (χ4v) is 1.16. The predicted molar refractivity (Wildman–Crippen MR) is 47.0 cm³/mol. The lowest BCUT2D eigenvalue weighted by Crippen LogP contribution is -1.99. The Balaban J connectivity index is 3.06. The van der Waals surface area contributed by atoms with Crippen molar-refractivity contribution in [1.82, 2.24) is 0 Å². The first kappa shape index (κ1) is 9.13. The van der Waals surface area contributed by atoms with Crippen molar-refractivity contribution in [1.29, 1.82) is 0 Å². The number of hydrogen-bond acceptors (Lipinski definition) is 0. The zero-order valence-electron chi connectivity index (χ0n) is 5.32. The zero-order valence-corrected chi connectivity index (χ0v) is 8.49. The van der Waals surface area contributed by atoms with Crippen molar-refractivity contribution in [3.8, 4) is 0 Å². The number of hydrogen-bond donors (Lipinski definition) is 0. The molecule has 0 nitrogen and oxygen atoms in total. The molecule has 1 rings (SSSR count). The second kappa shape index (κ2) is 3.19. The van der Waals surface area contributed by atoms with Gasteiger partial charge in [-0.3, -0.25) is 0 Å². The molecule has 0 fully saturated rings. The Bertz CT molecular complexity index is 255. The minimum absolute atomic E-state index is 0.206. The second-order valence-electron chi connectivity index (χ2n) is 2.01. The van der Waals surface area contributed by atoms with Gasteiger partial charge in [0.25, 0.3) is 0 Å². The molecule has 1 aromatic rings. The zero-order chi connectivity index (χ0) is 8.48. The number of alkyl halides is 3. The summed E-state index contributed by atoms with van der Waals surface area (Å²) in [6, 6.07) is 5.30. The molecule has 0 saturated heterocycles. The van der Waals surface area contributed by atoms with E-state index in [0.29, 0.717) is 0 Å². The van der Waals surface area contributed by atoms with Gasteiger partial charge >= 0.3 is 0 Å². The van der Waals surface area contributed by atoms with Crippen LogP contribution in [0.2, 0.25) is 0 Å². The Morgan fingerprint density at radius 3 is 2.27 bits per heavy atom. The maximum atomic E-state index is 13.0. The molecule has 0 heterocycles. The maximum Gasteiger partial charge on any atom is 0.244 e. The lowest BCUT2D eigenvalue weighted by molar-refractivity contribution is 0.442. The highest BCUT2D eigenvalue weighted by molar-refractivity contribution is 9.24. The summed E-state index contributed by atoms with van der Waals surface area (Å²) in [6.07, 6.45) is 0. The normalized spacial score (nSPS) is 11.6. The minimum Gasteiger partial charge on any atom is -0.213 e. The van der Waals surface area contributed by atoms with Gasteiger partial charge < -0.3 is 0 Å². The van der Waals surface area contributed by atoms with Crippen LogP contribution in [0.3, 0.4) is 0 Å². The molecular weight excluding hydrogens is 282 g/mol. The molecule has 0 saturated carbocycles. The van der Waals surface area contributed by atoms with Gasteiger partial charge in [-0.15, -0.1) is 0 Å². The number of rotatable bonds is 1.